The number of amides is 1. The Morgan fingerprint density at radius 2 is 1.94 bits per heavy atom. The molecule has 1 aromatic rings. The number of methoxy groups -OCH3 is 1. The van der Waals surface area contributed by atoms with Crippen LogP contribution in [0.1, 0.15) is 22.3 Å². The highest BCUT2D eigenvalue weighted by Gasteiger charge is 2.49. The van der Waals surface area contributed by atoms with Crippen LogP contribution in [0.5, 0.6) is 5.75 Å². The fraction of sp³-hybridized carbons (Fsp3) is 0.500. The van der Waals surface area contributed by atoms with Gasteiger partial charge in [0, 0.05) is 5.56 Å². The fourth-order valence-electron chi connectivity index (χ4n) is 2.62. The Morgan fingerprint density at radius 3 is 2.33 bits per heavy atom. The van der Waals surface area contributed by atoms with Crippen molar-refractivity contribution in [3.63, 3.8) is 0 Å². The number of aryl methyl sites for hydroxylation is 2. The first kappa shape index (κ1) is 12.9. The molecule has 0 atom stereocenters. The van der Waals surface area contributed by atoms with Crippen LogP contribution in [0.15, 0.2) is 6.07 Å². The number of carbonyl (C=O) groups excluding carboxylic acids is 1. The number of hydrogen-bond donors (Lipinski definition) is 1. The maximum atomic E-state index is 11.8. The Hall–Kier alpha value is -1.55. The van der Waals surface area contributed by atoms with Crippen LogP contribution in [-0.2, 0) is 14.9 Å². The molecule has 2 rings (SSSR count). The van der Waals surface area contributed by atoms with Crippen molar-refractivity contribution < 1.29 is 14.3 Å². The molecule has 1 saturated heterocycles. The molecule has 1 aliphatic rings. The number of hydrogen-bond acceptors (Lipinski definition) is 3. The first-order valence-electron chi connectivity index (χ1n) is 5.97. The van der Waals surface area contributed by atoms with E-state index in [0.717, 1.165) is 28.0 Å². The van der Waals surface area contributed by atoms with Gasteiger partial charge in [-0.2, -0.15) is 0 Å². The van der Waals surface area contributed by atoms with Crippen molar-refractivity contribution in [2.24, 2.45) is 5.73 Å². The smallest absolute Gasteiger partial charge is 0.232 e. The predicted molar refractivity (Wildman–Crippen MR) is 68.9 cm³/mol. The Kier molecular flexibility index (Phi) is 3.07. The number of ether oxygens (including phenoxy) is 2. The van der Waals surface area contributed by atoms with E-state index in [-0.39, 0.29) is 5.91 Å². The monoisotopic (exact) mass is 249 g/mol. The van der Waals surface area contributed by atoms with Crippen molar-refractivity contribution >= 4 is 5.91 Å². The van der Waals surface area contributed by atoms with E-state index in [4.69, 9.17) is 15.2 Å². The lowest BCUT2D eigenvalue weighted by atomic mass is 9.74. The summed E-state index contributed by atoms with van der Waals surface area (Å²) in [6.45, 7) is 6.67. The van der Waals surface area contributed by atoms with Gasteiger partial charge in [0.1, 0.15) is 11.2 Å². The van der Waals surface area contributed by atoms with Crippen LogP contribution < -0.4 is 10.5 Å². The molecule has 1 heterocycles. The Balaban J connectivity index is 2.70. The van der Waals surface area contributed by atoms with Crippen LogP contribution >= 0.6 is 0 Å². The third kappa shape index (κ3) is 1.60. The molecule has 1 aliphatic heterocycles. The van der Waals surface area contributed by atoms with Gasteiger partial charge in [0.25, 0.3) is 0 Å². The van der Waals surface area contributed by atoms with Gasteiger partial charge in [0.2, 0.25) is 5.91 Å². The van der Waals surface area contributed by atoms with E-state index in [1.165, 1.54) is 0 Å². The molecule has 1 fully saturated rings. The Labute approximate surface area is 107 Å². The Morgan fingerprint density at radius 1 is 1.33 bits per heavy atom. The molecule has 1 aromatic carbocycles. The highest BCUT2D eigenvalue weighted by molar-refractivity contribution is 5.89. The standard InChI is InChI=1S/C14H19NO3/c1-8-5-9(2)11(12(17-4)10(8)3)14(13(15)16)6-18-7-14/h5H,6-7H2,1-4H3,(H2,15,16). The van der Waals surface area contributed by atoms with Crippen molar-refractivity contribution in [2.75, 3.05) is 20.3 Å². The summed E-state index contributed by atoms with van der Waals surface area (Å²) in [5, 5.41) is 0. The number of nitrogens with two attached hydrogens (primary N) is 1. The van der Waals surface area contributed by atoms with Crippen LogP contribution in [0, 0.1) is 20.8 Å². The van der Waals surface area contributed by atoms with Gasteiger partial charge in [-0.1, -0.05) is 6.07 Å². The van der Waals surface area contributed by atoms with Crippen molar-refractivity contribution in [1.29, 1.82) is 0 Å². The van der Waals surface area contributed by atoms with E-state index in [1.54, 1.807) is 7.11 Å². The van der Waals surface area contributed by atoms with E-state index in [2.05, 4.69) is 6.07 Å². The second-order valence-electron chi connectivity index (χ2n) is 4.98. The maximum Gasteiger partial charge on any atom is 0.232 e. The molecule has 0 radical (unpaired) electrons. The summed E-state index contributed by atoms with van der Waals surface area (Å²) >= 11 is 0. The third-order valence-corrected chi connectivity index (χ3v) is 3.84. The van der Waals surface area contributed by atoms with Crippen molar-refractivity contribution in [2.45, 2.75) is 26.2 Å². The minimum atomic E-state index is -0.728. The number of carbonyl (C=O) groups is 1. The summed E-state index contributed by atoms with van der Waals surface area (Å²) in [5.74, 6) is 0.410. The molecule has 0 bridgehead atoms. The van der Waals surface area contributed by atoms with Gasteiger partial charge in [0.05, 0.1) is 20.3 Å². The zero-order valence-corrected chi connectivity index (χ0v) is 11.3. The largest absolute Gasteiger partial charge is 0.496 e. The zero-order valence-electron chi connectivity index (χ0n) is 11.3. The molecule has 18 heavy (non-hydrogen) atoms. The molecule has 0 unspecified atom stereocenters. The van der Waals surface area contributed by atoms with Gasteiger partial charge in [-0.15, -0.1) is 0 Å². The molecular weight excluding hydrogens is 230 g/mol. The van der Waals surface area contributed by atoms with Crippen molar-refractivity contribution in [1.82, 2.24) is 0 Å². The van der Waals surface area contributed by atoms with E-state index in [1.807, 2.05) is 20.8 Å². The summed E-state index contributed by atoms with van der Waals surface area (Å²) in [7, 11) is 1.62. The highest BCUT2D eigenvalue weighted by Crippen LogP contribution is 2.42. The van der Waals surface area contributed by atoms with Crippen LogP contribution in [-0.4, -0.2) is 26.2 Å². The van der Waals surface area contributed by atoms with Gasteiger partial charge in [-0.05, 0) is 37.5 Å². The summed E-state index contributed by atoms with van der Waals surface area (Å²) in [5.41, 5.74) is 8.94. The zero-order chi connectivity index (χ0) is 13.5. The first-order chi connectivity index (χ1) is 8.44. The lowest BCUT2D eigenvalue weighted by Gasteiger charge is -2.41. The second-order valence-corrected chi connectivity index (χ2v) is 4.98. The summed E-state index contributed by atoms with van der Waals surface area (Å²) in [4.78, 5) is 11.8. The van der Waals surface area contributed by atoms with E-state index < -0.39 is 5.41 Å². The SMILES string of the molecule is COc1c(C)c(C)cc(C)c1C1(C(N)=O)COC1. The van der Waals surface area contributed by atoms with Gasteiger partial charge < -0.3 is 15.2 Å². The number of benzene rings is 1. The van der Waals surface area contributed by atoms with Crippen molar-refractivity contribution in [3.8, 4) is 5.75 Å². The molecule has 4 nitrogen and oxygen atoms in total. The minimum Gasteiger partial charge on any atom is -0.496 e. The summed E-state index contributed by atoms with van der Waals surface area (Å²) in [6, 6.07) is 2.07. The van der Waals surface area contributed by atoms with Gasteiger partial charge in [-0.25, -0.2) is 0 Å². The van der Waals surface area contributed by atoms with Crippen LogP contribution in [0.4, 0.5) is 0 Å². The highest BCUT2D eigenvalue weighted by atomic mass is 16.5. The van der Waals surface area contributed by atoms with Crippen LogP contribution in [0.25, 0.3) is 0 Å². The third-order valence-electron chi connectivity index (χ3n) is 3.84. The predicted octanol–water partition coefficient (Wildman–Crippen LogP) is 1.37. The molecule has 0 aliphatic carbocycles. The fourth-order valence-corrected chi connectivity index (χ4v) is 2.62. The molecule has 2 N–H and O–H groups in total. The molecule has 0 saturated carbocycles. The van der Waals surface area contributed by atoms with Gasteiger partial charge in [-0.3, -0.25) is 4.79 Å². The molecule has 4 heteroatoms. The Bertz CT molecular complexity index is 504. The summed E-state index contributed by atoms with van der Waals surface area (Å²) < 4.78 is 10.7. The number of rotatable bonds is 3. The van der Waals surface area contributed by atoms with Gasteiger partial charge in [0.15, 0.2) is 0 Å². The molecule has 1 amide bonds. The van der Waals surface area contributed by atoms with E-state index in [9.17, 15) is 4.79 Å². The normalized spacial score (nSPS) is 17.1. The van der Waals surface area contributed by atoms with Gasteiger partial charge >= 0.3 is 0 Å². The lowest BCUT2D eigenvalue weighted by molar-refractivity contribution is -0.142. The summed E-state index contributed by atoms with van der Waals surface area (Å²) in [6.07, 6.45) is 0. The molecular formula is C14H19NO3. The molecule has 0 aromatic heterocycles. The van der Waals surface area contributed by atoms with E-state index in [0.29, 0.717) is 13.2 Å². The topological polar surface area (TPSA) is 61.5 Å². The average molecular weight is 249 g/mol. The lowest BCUT2D eigenvalue weighted by Crippen LogP contribution is -2.56. The van der Waals surface area contributed by atoms with Crippen LogP contribution in [0.3, 0.4) is 0 Å². The quantitative estimate of drug-likeness (QED) is 0.880. The maximum absolute atomic E-state index is 11.8. The van der Waals surface area contributed by atoms with Crippen LogP contribution in [0.2, 0.25) is 0 Å². The van der Waals surface area contributed by atoms with Crippen molar-refractivity contribution in [3.05, 3.63) is 28.3 Å². The first-order valence-corrected chi connectivity index (χ1v) is 5.97. The molecule has 0 spiro atoms. The molecule has 98 valence electrons. The van der Waals surface area contributed by atoms with E-state index >= 15 is 0 Å². The number of primary amides is 1. The average Bonchev–Trinajstić information content (AvgIpc) is 2.23. The second kappa shape index (κ2) is 4.28. The minimum absolute atomic E-state index is 0.335.